The molecular weight excluding hydrogens is 316 g/mol. The Morgan fingerprint density at radius 1 is 1.53 bits per heavy atom. The van der Waals surface area contributed by atoms with E-state index in [0.29, 0.717) is 5.82 Å². The van der Waals surface area contributed by atoms with Crippen molar-refractivity contribution in [1.29, 1.82) is 5.26 Å². The predicted octanol–water partition coefficient (Wildman–Crippen LogP) is 0.864. The third kappa shape index (κ3) is 5.18. The van der Waals surface area contributed by atoms with E-state index in [0.717, 1.165) is 10.7 Å². The molecule has 0 aliphatic rings. The molecule has 0 bridgehead atoms. The molecular formula is C11H9BrN4O3. The largest absolute Gasteiger partial charge is 0.480 e. The smallest absolute Gasteiger partial charge is 0.322 e. The molecule has 3 N–H and O–H groups in total. The maximum absolute atomic E-state index is 11.4. The lowest BCUT2D eigenvalue weighted by molar-refractivity contribution is -0.137. The van der Waals surface area contributed by atoms with Crippen LogP contribution in [0.25, 0.3) is 0 Å². The number of amides is 1. The van der Waals surface area contributed by atoms with Gasteiger partial charge in [-0.2, -0.15) is 5.26 Å². The number of nitriles is 1. The zero-order chi connectivity index (χ0) is 14.3. The monoisotopic (exact) mass is 324 g/mol. The number of carbonyl (C=O) groups is 2. The lowest BCUT2D eigenvalue weighted by Crippen LogP contribution is -2.30. The van der Waals surface area contributed by atoms with Gasteiger partial charge in [-0.1, -0.05) is 0 Å². The van der Waals surface area contributed by atoms with Gasteiger partial charge in [-0.3, -0.25) is 9.59 Å². The van der Waals surface area contributed by atoms with Crippen molar-refractivity contribution < 1.29 is 14.7 Å². The Kier molecular flexibility index (Phi) is 5.50. The molecule has 1 rings (SSSR count). The van der Waals surface area contributed by atoms with E-state index in [2.05, 4.69) is 31.5 Å². The van der Waals surface area contributed by atoms with Crippen molar-refractivity contribution in [3.05, 3.63) is 34.6 Å². The number of pyridine rings is 1. The maximum atomic E-state index is 11.4. The number of carboxylic acids is 1. The Hall–Kier alpha value is -2.40. The molecule has 1 amide bonds. The van der Waals surface area contributed by atoms with E-state index < -0.39 is 18.4 Å². The standard InChI is InChI=1S/C11H9BrN4O3/c12-8-1-2-9(15-5-8)14-4-7(3-13)11(19)16-6-10(17)18/h1-2,4-5H,6H2,(H,14,15)(H,16,19)(H,17,18)/b7-4-. The molecule has 8 heteroatoms. The van der Waals surface area contributed by atoms with E-state index in [1.807, 2.05) is 0 Å². The summed E-state index contributed by atoms with van der Waals surface area (Å²) in [5.41, 5.74) is -0.244. The van der Waals surface area contributed by atoms with Crippen LogP contribution in [0, 0.1) is 11.3 Å². The number of aromatic nitrogens is 1. The van der Waals surface area contributed by atoms with Gasteiger partial charge in [0.15, 0.2) is 0 Å². The highest BCUT2D eigenvalue weighted by Crippen LogP contribution is 2.10. The highest BCUT2D eigenvalue weighted by atomic mass is 79.9. The third-order valence-electron chi connectivity index (χ3n) is 1.86. The fourth-order valence-electron chi connectivity index (χ4n) is 1.01. The van der Waals surface area contributed by atoms with Crippen molar-refractivity contribution in [1.82, 2.24) is 10.3 Å². The number of aliphatic carboxylic acids is 1. The highest BCUT2D eigenvalue weighted by Gasteiger charge is 2.09. The molecule has 0 aliphatic heterocycles. The molecule has 7 nitrogen and oxygen atoms in total. The molecule has 98 valence electrons. The summed E-state index contributed by atoms with van der Waals surface area (Å²) in [5, 5.41) is 21.9. The second kappa shape index (κ2) is 7.13. The summed E-state index contributed by atoms with van der Waals surface area (Å²) in [4.78, 5) is 25.7. The van der Waals surface area contributed by atoms with Gasteiger partial charge in [0.05, 0.1) is 0 Å². The molecule has 0 atom stereocenters. The van der Waals surface area contributed by atoms with Crippen LogP contribution in [-0.4, -0.2) is 28.5 Å². The Morgan fingerprint density at radius 3 is 2.79 bits per heavy atom. The Balaban J connectivity index is 2.66. The Labute approximate surface area is 117 Å². The minimum Gasteiger partial charge on any atom is -0.480 e. The number of nitrogens with zero attached hydrogens (tertiary/aromatic N) is 2. The zero-order valence-electron chi connectivity index (χ0n) is 9.55. The van der Waals surface area contributed by atoms with Crippen LogP contribution in [0.15, 0.2) is 34.6 Å². The number of rotatable bonds is 5. The predicted molar refractivity (Wildman–Crippen MR) is 69.9 cm³/mol. The Morgan fingerprint density at radius 2 is 2.26 bits per heavy atom. The molecule has 1 aromatic heterocycles. The minimum atomic E-state index is -1.19. The second-order valence-electron chi connectivity index (χ2n) is 3.25. The zero-order valence-corrected chi connectivity index (χ0v) is 11.1. The van der Waals surface area contributed by atoms with Gasteiger partial charge in [0.25, 0.3) is 5.91 Å². The number of carbonyl (C=O) groups excluding carboxylic acids is 1. The number of carboxylic acid groups (broad SMARTS) is 1. The quantitative estimate of drug-likeness (QED) is 0.546. The molecule has 19 heavy (non-hydrogen) atoms. The highest BCUT2D eigenvalue weighted by molar-refractivity contribution is 9.10. The second-order valence-corrected chi connectivity index (χ2v) is 4.17. The number of anilines is 1. The normalized spacial score (nSPS) is 10.4. The van der Waals surface area contributed by atoms with E-state index in [1.165, 1.54) is 0 Å². The third-order valence-corrected chi connectivity index (χ3v) is 2.33. The van der Waals surface area contributed by atoms with E-state index in [9.17, 15) is 9.59 Å². The van der Waals surface area contributed by atoms with E-state index >= 15 is 0 Å². The van der Waals surface area contributed by atoms with Crippen molar-refractivity contribution in [2.45, 2.75) is 0 Å². The van der Waals surface area contributed by atoms with Crippen LogP contribution in [0.4, 0.5) is 5.82 Å². The fourth-order valence-corrected chi connectivity index (χ4v) is 1.24. The molecule has 1 heterocycles. The van der Waals surface area contributed by atoms with E-state index in [1.54, 1.807) is 24.4 Å². The molecule has 0 aliphatic carbocycles. The van der Waals surface area contributed by atoms with E-state index in [4.69, 9.17) is 10.4 Å². The molecule has 0 fully saturated rings. The van der Waals surface area contributed by atoms with Gasteiger partial charge in [-0.25, -0.2) is 4.98 Å². The summed E-state index contributed by atoms with van der Waals surface area (Å²) in [6.45, 7) is -0.547. The summed E-state index contributed by atoms with van der Waals surface area (Å²) in [6, 6.07) is 5.04. The lowest BCUT2D eigenvalue weighted by atomic mass is 10.3. The first-order valence-corrected chi connectivity index (χ1v) is 5.80. The van der Waals surface area contributed by atoms with Crippen LogP contribution in [0.5, 0.6) is 0 Å². The number of hydrogen-bond donors (Lipinski definition) is 3. The average Bonchev–Trinajstić information content (AvgIpc) is 2.39. The summed E-state index contributed by atoms with van der Waals surface area (Å²) in [7, 11) is 0. The van der Waals surface area contributed by atoms with Crippen LogP contribution >= 0.6 is 15.9 Å². The van der Waals surface area contributed by atoms with Gasteiger partial charge < -0.3 is 15.7 Å². The number of halogens is 1. The van der Waals surface area contributed by atoms with Crippen molar-refractivity contribution in [2.75, 3.05) is 11.9 Å². The molecule has 0 aromatic carbocycles. The SMILES string of the molecule is N#C/C(=C/Nc1ccc(Br)cn1)C(=O)NCC(=O)O. The van der Waals surface area contributed by atoms with Crippen LogP contribution in [0.2, 0.25) is 0 Å². The molecule has 0 saturated heterocycles. The van der Waals surface area contributed by atoms with Gasteiger partial charge in [0, 0.05) is 16.9 Å². The summed E-state index contributed by atoms with van der Waals surface area (Å²) in [6.07, 6.45) is 2.71. The Bertz CT molecular complexity index is 548. The summed E-state index contributed by atoms with van der Waals surface area (Å²) >= 11 is 3.22. The summed E-state index contributed by atoms with van der Waals surface area (Å²) < 4.78 is 0.793. The first-order chi connectivity index (χ1) is 9.02. The van der Waals surface area contributed by atoms with Crippen LogP contribution in [0.3, 0.4) is 0 Å². The van der Waals surface area contributed by atoms with Crippen molar-refractivity contribution in [3.8, 4) is 6.07 Å². The van der Waals surface area contributed by atoms with Gasteiger partial charge >= 0.3 is 5.97 Å². The lowest BCUT2D eigenvalue weighted by Gasteiger charge is -2.02. The molecule has 0 radical (unpaired) electrons. The van der Waals surface area contributed by atoms with E-state index in [-0.39, 0.29) is 5.57 Å². The molecule has 1 aromatic rings. The molecule has 0 unspecified atom stereocenters. The number of hydrogen-bond acceptors (Lipinski definition) is 5. The molecule has 0 saturated carbocycles. The topological polar surface area (TPSA) is 115 Å². The van der Waals surface area contributed by atoms with Gasteiger partial charge in [-0.05, 0) is 28.1 Å². The fraction of sp³-hybridized carbons (Fsp3) is 0.0909. The number of nitrogens with one attached hydrogen (secondary N) is 2. The average molecular weight is 325 g/mol. The van der Waals surface area contributed by atoms with Crippen LogP contribution in [0.1, 0.15) is 0 Å². The summed E-state index contributed by atoms with van der Waals surface area (Å²) in [5.74, 6) is -1.51. The van der Waals surface area contributed by atoms with Crippen LogP contribution < -0.4 is 10.6 Å². The molecule has 0 spiro atoms. The first kappa shape index (κ1) is 14.7. The van der Waals surface area contributed by atoms with Crippen molar-refractivity contribution in [3.63, 3.8) is 0 Å². The minimum absolute atomic E-state index is 0.244. The van der Waals surface area contributed by atoms with Gasteiger partial charge in [0.1, 0.15) is 24.0 Å². The van der Waals surface area contributed by atoms with Gasteiger partial charge in [0.2, 0.25) is 0 Å². The van der Waals surface area contributed by atoms with Gasteiger partial charge in [-0.15, -0.1) is 0 Å². The van der Waals surface area contributed by atoms with Crippen molar-refractivity contribution >= 4 is 33.6 Å². The van der Waals surface area contributed by atoms with Crippen LogP contribution in [-0.2, 0) is 9.59 Å². The maximum Gasteiger partial charge on any atom is 0.322 e. The van der Waals surface area contributed by atoms with Crippen molar-refractivity contribution in [2.24, 2.45) is 0 Å². The first-order valence-electron chi connectivity index (χ1n) is 5.01.